The van der Waals surface area contributed by atoms with Gasteiger partial charge in [0.15, 0.2) is 5.16 Å². The molecule has 2 N–H and O–H groups in total. The molecule has 1 aromatic heterocycles. The molecule has 1 aromatic rings. The Kier molecular flexibility index (Phi) is 6.06. The topological polar surface area (TPSA) is 81.6 Å². The van der Waals surface area contributed by atoms with Gasteiger partial charge in [0.25, 0.3) is 5.56 Å². The number of aromatic nitrogens is 2. The van der Waals surface area contributed by atoms with E-state index in [1.165, 1.54) is 17.8 Å². The number of aryl methyl sites for hydroxylation is 1. The average Bonchev–Trinajstić information content (AvgIpc) is 2.39. The first-order valence-electron chi connectivity index (χ1n) is 6.36. The number of rotatable bonds is 7. The zero-order chi connectivity index (χ0) is 14.3. The summed E-state index contributed by atoms with van der Waals surface area (Å²) in [5.74, 6) is 0.831. The maximum absolute atomic E-state index is 11.3. The van der Waals surface area contributed by atoms with Gasteiger partial charge < -0.3 is 10.3 Å². The van der Waals surface area contributed by atoms with Gasteiger partial charge in [-0.05, 0) is 33.2 Å². The van der Waals surface area contributed by atoms with Crippen molar-refractivity contribution in [1.29, 1.82) is 5.26 Å². The zero-order valence-electron chi connectivity index (χ0n) is 11.6. The van der Waals surface area contributed by atoms with Crippen LogP contribution in [0.15, 0.2) is 16.0 Å². The van der Waals surface area contributed by atoms with E-state index in [1.54, 1.807) is 6.92 Å². The van der Waals surface area contributed by atoms with E-state index in [2.05, 4.69) is 21.4 Å². The number of nitrogens with zero attached hydrogens (tertiary/aromatic N) is 2. The van der Waals surface area contributed by atoms with Gasteiger partial charge >= 0.3 is 0 Å². The first-order chi connectivity index (χ1) is 9.05. The molecule has 0 aliphatic heterocycles. The summed E-state index contributed by atoms with van der Waals surface area (Å²) in [7, 11) is 1.82. The summed E-state index contributed by atoms with van der Waals surface area (Å²) in [6.45, 7) is 3.81. The van der Waals surface area contributed by atoms with Crippen molar-refractivity contribution < 1.29 is 0 Å². The third-order valence-electron chi connectivity index (χ3n) is 3.13. The van der Waals surface area contributed by atoms with Gasteiger partial charge in [-0.3, -0.25) is 4.79 Å². The van der Waals surface area contributed by atoms with Crippen LogP contribution >= 0.6 is 11.8 Å². The fraction of sp³-hybridized carbons (Fsp3) is 0.615. The molecule has 0 aromatic carbocycles. The Bertz CT molecular complexity index is 502. The van der Waals surface area contributed by atoms with Crippen LogP contribution in [0.1, 0.15) is 31.9 Å². The summed E-state index contributed by atoms with van der Waals surface area (Å²) in [5, 5.41) is 12.9. The third-order valence-corrected chi connectivity index (χ3v) is 4.09. The molecule has 1 atom stereocenters. The summed E-state index contributed by atoms with van der Waals surface area (Å²) in [6.07, 6.45) is 2.47. The number of nitriles is 1. The summed E-state index contributed by atoms with van der Waals surface area (Å²) in [6, 6.07) is 3.81. The standard InChI is InChI=1S/C13H20N4OS/c1-4-13(9-14,15-3)6-5-7-19-12-16-10(2)8-11(18)17-12/h8,15H,4-7H2,1-3H3,(H,16,17,18). The van der Waals surface area contributed by atoms with Gasteiger partial charge in [-0.1, -0.05) is 18.7 Å². The second-order valence-corrected chi connectivity index (χ2v) is 5.53. The van der Waals surface area contributed by atoms with Crippen molar-refractivity contribution >= 4 is 11.8 Å². The molecule has 0 fully saturated rings. The Balaban J connectivity index is 2.47. The average molecular weight is 280 g/mol. The van der Waals surface area contributed by atoms with Crippen LogP contribution in [0.2, 0.25) is 0 Å². The maximum atomic E-state index is 11.3. The molecule has 0 amide bonds. The van der Waals surface area contributed by atoms with E-state index in [0.29, 0.717) is 5.16 Å². The summed E-state index contributed by atoms with van der Waals surface area (Å²) in [4.78, 5) is 18.2. The first-order valence-corrected chi connectivity index (χ1v) is 7.34. The van der Waals surface area contributed by atoms with Gasteiger partial charge in [0.05, 0.1) is 6.07 Å². The second-order valence-electron chi connectivity index (χ2n) is 4.44. The Morgan fingerprint density at radius 2 is 2.37 bits per heavy atom. The van der Waals surface area contributed by atoms with Crippen molar-refractivity contribution in [2.45, 2.75) is 43.8 Å². The Labute approximate surface area is 117 Å². The highest BCUT2D eigenvalue weighted by Gasteiger charge is 2.24. The normalized spacial score (nSPS) is 13.8. The molecule has 0 spiro atoms. The van der Waals surface area contributed by atoms with Crippen LogP contribution in [0.3, 0.4) is 0 Å². The van der Waals surface area contributed by atoms with E-state index in [1.807, 2.05) is 14.0 Å². The fourth-order valence-corrected chi connectivity index (χ4v) is 2.70. The molecule has 0 aliphatic rings. The van der Waals surface area contributed by atoms with E-state index in [-0.39, 0.29) is 5.56 Å². The highest BCUT2D eigenvalue weighted by atomic mass is 32.2. The van der Waals surface area contributed by atoms with E-state index < -0.39 is 5.54 Å². The molecule has 0 radical (unpaired) electrons. The molecule has 6 heteroatoms. The van der Waals surface area contributed by atoms with Gasteiger partial charge in [-0.15, -0.1) is 0 Å². The molecule has 0 aliphatic carbocycles. The van der Waals surface area contributed by atoms with Gasteiger partial charge in [0.1, 0.15) is 5.54 Å². The number of hydrogen-bond donors (Lipinski definition) is 2. The van der Waals surface area contributed by atoms with Crippen LogP contribution in [0.25, 0.3) is 0 Å². The number of aromatic amines is 1. The molecule has 1 rings (SSSR count). The largest absolute Gasteiger partial charge is 0.302 e. The number of thioether (sulfide) groups is 1. The number of H-pyrrole nitrogens is 1. The molecule has 1 unspecified atom stereocenters. The lowest BCUT2D eigenvalue weighted by molar-refractivity contribution is 0.400. The monoisotopic (exact) mass is 280 g/mol. The van der Waals surface area contributed by atoms with Gasteiger partial charge in [0.2, 0.25) is 0 Å². The van der Waals surface area contributed by atoms with Gasteiger partial charge in [-0.25, -0.2) is 4.98 Å². The van der Waals surface area contributed by atoms with Crippen LogP contribution in [0.4, 0.5) is 0 Å². The predicted molar refractivity (Wildman–Crippen MR) is 77.2 cm³/mol. The Hall–Kier alpha value is -1.32. The highest BCUT2D eigenvalue weighted by molar-refractivity contribution is 7.99. The van der Waals surface area contributed by atoms with E-state index in [0.717, 1.165) is 30.7 Å². The highest BCUT2D eigenvalue weighted by Crippen LogP contribution is 2.20. The molecular formula is C13H20N4OS. The van der Waals surface area contributed by atoms with Crippen molar-refractivity contribution in [3.8, 4) is 6.07 Å². The van der Waals surface area contributed by atoms with Crippen LogP contribution in [0, 0.1) is 18.3 Å². The SMILES string of the molecule is CCC(C#N)(CCCSc1nc(C)cc(=O)[nH]1)NC. The van der Waals surface area contributed by atoms with Crippen molar-refractivity contribution in [1.82, 2.24) is 15.3 Å². The van der Waals surface area contributed by atoms with Gasteiger partial charge in [-0.2, -0.15) is 5.26 Å². The lowest BCUT2D eigenvalue weighted by Gasteiger charge is -2.24. The lowest BCUT2D eigenvalue weighted by atomic mass is 9.93. The number of nitrogens with one attached hydrogen (secondary N) is 2. The molecule has 19 heavy (non-hydrogen) atoms. The minimum absolute atomic E-state index is 0.120. The second kappa shape index (κ2) is 7.31. The molecular weight excluding hydrogens is 260 g/mol. The Morgan fingerprint density at radius 3 is 2.89 bits per heavy atom. The molecule has 1 heterocycles. The van der Waals surface area contributed by atoms with E-state index in [9.17, 15) is 10.1 Å². The van der Waals surface area contributed by atoms with Crippen molar-refractivity contribution in [3.63, 3.8) is 0 Å². The third kappa shape index (κ3) is 4.69. The molecule has 5 nitrogen and oxygen atoms in total. The lowest BCUT2D eigenvalue weighted by Crippen LogP contribution is -2.40. The van der Waals surface area contributed by atoms with E-state index >= 15 is 0 Å². The maximum Gasteiger partial charge on any atom is 0.251 e. The van der Waals surface area contributed by atoms with Gasteiger partial charge in [0, 0.05) is 17.5 Å². The first kappa shape index (κ1) is 15.7. The summed E-state index contributed by atoms with van der Waals surface area (Å²) in [5.41, 5.74) is 0.167. The van der Waals surface area contributed by atoms with Crippen molar-refractivity contribution in [3.05, 3.63) is 22.1 Å². The van der Waals surface area contributed by atoms with Crippen molar-refractivity contribution in [2.24, 2.45) is 0 Å². The van der Waals surface area contributed by atoms with Crippen molar-refractivity contribution in [2.75, 3.05) is 12.8 Å². The minimum atomic E-state index is -0.437. The smallest absolute Gasteiger partial charge is 0.251 e. The van der Waals surface area contributed by atoms with Crippen LogP contribution in [0.5, 0.6) is 0 Å². The van der Waals surface area contributed by atoms with Crippen LogP contribution in [-0.4, -0.2) is 28.3 Å². The predicted octanol–water partition coefficient (Wildman–Crippen LogP) is 1.84. The summed E-state index contributed by atoms with van der Waals surface area (Å²) >= 11 is 1.52. The zero-order valence-corrected chi connectivity index (χ0v) is 12.4. The molecule has 0 saturated carbocycles. The fourth-order valence-electron chi connectivity index (χ4n) is 1.83. The van der Waals surface area contributed by atoms with E-state index in [4.69, 9.17) is 0 Å². The molecule has 104 valence electrons. The minimum Gasteiger partial charge on any atom is -0.302 e. The molecule has 0 bridgehead atoms. The molecule has 0 saturated heterocycles. The quantitative estimate of drug-likeness (QED) is 0.452. The Morgan fingerprint density at radius 1 is 1.63 bits per heavy atom. The van der Waals surface area contributed by atoms with Crippen LogP contribution in [-0.2, 0) is 0 Å². The van der Waals surface area contributed by atoms with Crippen LogP contribution < -0.4 is 10.9 Å². The number of hydrogen-bond acceptors (Lipinski definition) is 5. The summed E-state index contributed by atoms with van der Waals surface area (Å²) < 4.78 is 0.